The van der Waals surface area contributed by atoms with Crippen molar-refractivity contribution in [3.8, 4) is 0 Å². The van der Waals surface area contributed by atoms with E-state index in [1.807, 2.05) is 0 Å². The third-order valence-corrected chi connectivity index (χ3v) is 2.82. The van der Waals surface area contributed by atoms with Crippen LogP contribution >= 0.6 is 0 Å². The van der Waals surface area contributed by atoms with Crippen molar-refractivity contribution >= 4 is 5.97 Å². The maximum Gasteiger partial charge on any atom is 0.330 e. The van der Waals surface area contributed by atoms with Gasteiger partial charge in [0.2, 0.25) is 0 Å². The van der Waals surface area contributed by atoms with Gasteiger partial charge in [0.15, 0.2) is 6.10 Å². The molecule has 2 rings (SSSR count). The number of aliphatic hydroxyl groups excluding tert-OH is 3. The molecular formula is C13H14O5. The highest BCUT2D eigenvalue weighted by Crippen LogP contribution is 2.23. The van der Waals surface area contributed by atoms with Crippen LogP contribution in [0.5, 0.6) is 0 Å². The van der Waals surface area contributed by atoms with Gasteiger partial charge in [0.25, 0.3) is 0 Å². The van der Waals surface area contributed by atoms with Crippen molar-refractivity contribution in [3.05, 3.63) is 48.0 Å². The van der Waals surface area contributed by atoms with Crippen molar-refractivity contribution in [1.82, 2.24) is 0 Å². The summed E-state index contributed by atoms with van der Waals surface area (Å²) in [6.07, 6.45) is -2.60. The summed E-state index contributed by atoms with van der Waals surface area (Å²) in [6, 6.07) is 8.49. The van der Waals surface area contributed by atoms with Crippen molar-refractivity contribution in [1.29, 1.82) is 0 Å². The van der Waals surface area contributed by atoms with Crippen LogP contribution < -0.4 is 0 Å². The molecule has 0 fully saturated rings. The highest BCUT2D eigenvalue weighted by molar-refractivity contribution is 5.83. The standard InChI is InChI=1S/C13H14O5/c14-9-6-7-10(15)18-13(9)12(17)11(16)8-4-2-1-3-5-8/h1-7,9,11-14,16-17H/t9-,11+,12-,13-/m1/s1. The van der Waals surface area contributed by atoms with E-state index < -0.39 is 30.4 Å². The Kier molecular flexibility index (Phi) is 3.76. The van der Waals surface area contributed by atoms with Gasteiger partial charge in [-0.3, -0.25) is 0 Å². The highest BCUT2D eigenvalue weighted by Gasteiger charge is 2.36. The van der Waals surface area contributed by atoms with E-state index in [4.69, 9.17) is 4.74 Å². The van der Waals surface area contributed by atoms with E-state index in [9.17, 15) is 20.1 Å². The molecule has 1 aromatic rings. The minimum atomic E-state index is -1.39. The van der Waals surface area contributed by atoms with Crippen LogP contribution in [0, 0.1) is 0 Å². The van der Waals surface area contributed by atoms with Crippen molar-refractivity contribution in [3.63, 3.8) is 0 Å². The van der Waals surface area contributed by atoms with Gasteiger partial charge in [-0.05, 0) is 11.6 Å². The van der Waals surface area contributed by atoms with E-state index in [-0.39, 0.29) is 0 Å². The van der Waals surface area contributed by atoms with Crippen LogP contribution in [0.2, 0.25) is 0 Å². The average molecular weight is 250 g/mol. The molecule has 1 aliphatic heterocycles. The Balaban J connectivity index is 2.14. The number of ether oxygens (including phenoxy) is 1. The third-order valence-electron chi connectivity index (χ3n) is 2.82. The maximum atomic E-state index is 11.1. The lowest BCUT2D eigenvalue weighted by molar-refractivity contribution is -0.166. The van der Waals surface area contributed by atoms with Gasteiger partial charge < -0.3 is 20.1 Å². The molecule has 3 N–H and O–H groups in total. The van der Waals surface area contributed by atoms with Crippen LogP contribution in [-0.2, 0) is 9.53 Å². The molecule has 1 heterocycles. The van der Waals surface area contributed by atoms with E-state index in [0.717, 1.165) is 6.08 Å². The van der Waals surface area contributed by atoms with Gasteiger partial charge in [0.1, 0.15) is 18.3 Å². The minimum Gasteiger partial charge on any atom is -0.453 e. The van der Waals surface area contributed by atoms with Gasteiger partial charge in [-0.15, -0.1) is 0 Å². The van der Waals surface area contributed by atoms with Gasteiger partial charge in [-0.1, -0.05) is 30.3 Å². The average Bonchev–Trinajstić information content (AvgIpc) is 2.41. The summed E-state index contributed by atoms with van der Waals surface area (Å²) < 4.78 is 4.82. The van der Waals surface area contributed by atoms with Gasteiger partial charge in [-0.25, -0.2) is 4.79 Å². The molecule has 0 saturated heterocycles. The molecule has 0 spiro atoms. The topological polar surface area (TPSA) is 87.0 Å². The Bertz CT molecular complexity index is 442. The molecule has 18 heavy (non-hydrogen) atoms. The normalized spacial score (nSPS) is 26.5. The van der Waals surface area contributed by atoms with Crippen LogP contribution in [0.25, 0.3) is 0 Å². The summed E-state index contributed by atoms with van der Waals surface area (Å²) in [5, 5.41) is 29.5. The molecular weight excluding hydrogens is 236 g/mol. The number of hydrogen-bond donors (Lipinski definition) is 3. The van der Waals surface area contributed by atoms with Crippen LogP contribution in [0.3, 0.4) is 0 Å². The number of carbonyl (C=O) groups excluding carboxylic acids is 1. The van der Waals surface area contributed by atoms with Gasteiger partial charge in [0, 0.05) is 6.08 Å². The molecule has 0 radical (unpaired) electrons. The molecule has 0 unspecified atom stereocenters. The van der Waals surface area contributed by atoms with Crippen molar-refractivity contribution in [2.75, 3.05) is 0 Å². The van der Waals surface area contributed by atoms with E-state index >= 15 is 0 Å². The third kappa shape index (κ3) is 2.59. The predicted molar refractivity (Wildman–Crippen MR) is 62.4 cm³/mol. The van der Waals surface area contributed by atoms with E-state index in [0.29, 0.717) is 5.56 Å². The molecule has 0 amide bonds. The smallest absolute Gasteiger partial charge is 0.330 e. The lowest BCUT2D eigenvalue weighted by Crippen LogP contribution is -2.45. The number of aliphatic hydroxyl groups is 3. The van der Waals surface area contributed by atoms with Crippen LogP contribution in [0.4, 0.5) is 0 Å². The van der Waals surface area contributed by atoms with Crippen molar-refractivity contribution in [2.24, 2.45) is 0 Å². The number of esters is 1. The Morgan fingerprint density at radius 2 is 1.83 bits per heavy atom. The monoisotopic (exact) mass is 250 g/mol. The summed E-state index contributed by atoms with van der Waals surface area (Å²) in [5.41, 5.74) is 0.489. The molecule has 0 saturated carbocycles. The zero-order chi connectivity index (χ0) is 13.1. The van der Waals surface area contributed by atoms with E-state index in [1.165, 1.54) is 6.08 Å². The Labute approximate surface area is 104 Å². The number of benzene rings is 1. The second kappa shape index (κ2) is 5.30. The zero-order valence-corrected chi connectivity index (χ0v) is 9.51. The first kappa shape index (κ1) is 12.8. The van der Waals surface area contributed by atoms with Gasteiger partial charge in [0.05, 0.1) is 0 Å². The molecule has 0 aliphatic carbocycles. The quantitative estimate of drug-likeness (QED) is 0.653. The number of carbonyl (C=O) groups is 1. The first-order chi connectivity index (χ1) is 8.59. The van der Waals surface area contributed by atoms with Crippen LogP contribution in [0.15, 0.2) is 42.5 Å². The van der Waals surface area contributed by atoms with Crippen molar-refractivity contribution in [2.45, 2.75) is 24.4 Å². The molecule has 5 nitrogen and oxygen atoms in total. The highest BCUT2D eigenvalue weighted by atomic mass is 16.6. The lowest BCUT2D eigenvalue weighted by Gasteiger charge is -2.30. The van der Waals surface area contributed by atoms with Gasteiger partial charge in [-0.2, -0.15) is 0 Å². The molecule has 1 aliphatic rings. The molecule has 1 aromatic carbocycles. The first-order valence-corrected chi connectivity index (χ1v) is 5.57. The Morgan fingerprint density at radius 3 is 2.50 bits per heavy atom. The summed E-state index contributed by atoms with van der Waals surface area (Å²) in [6.45, 7) is 0. The van der Waals surface area contributed by atoms with Gasteiger partial charge >= 0.3 is 5.97 Å². The van der Waals surface area contributed by atoms with E-state index in [2.05, 4.69) is 0 Å². The Morgan fingerprint density at radius 1 is 1.17 bits per heavy atom. The van der Waals surface area contributed by atoms with Crippen molar-refractivity contribution < 1.29 is 24.9 Å². The zero-order valence-electron chi connectivity index (χ0n) is 9.51. The molecule has 4 atom stereocenters. The SMILES string of the molecule is O=C1C=C[C@@H](O)[C@H]([C@H](O)[C@@H](O)c2ccccc2)O1. The fraction of sp³-hybridized carbons (Fsp3) is 0.308. The molecule has 5 heteroatoms. The van der Waals surface area contributed by atoms with Crippen LogP contribution in [-0.4, -0.2) is 39.6 Å². The molecule has 96 valence electrons. The number of hydrogen-bond acceptors (Lipinski definition) is 5. The summed E-state index contributed by atoms with van der Waals surface area (Å²) in [7, 11) is 0. The first-order valence-electron chi connectivity index (χ1n) is 5.57. The largest absolute Gasteiger partial charge is 0.453 e. The second-order valence-corrected chi connectivity index (χ2v) is 4.10. The number of cyclic esters (lactones) is 1. The van der Waals surface area contributed by atoms with Crippen LogP contribution in [0.1, 0.15) is 11.7 Å². The lowest BCUT2D eigenvalue weighted by atomic mass is 9.96. The fourth-order valence-electron chi connectivity index (χ4n) is 1.83. The minimum absolute atomic E-state index is 0.489. The number of rotatable bonds is 3. The molecule has 0 bridgehead atoms. The predicted octanol–water partition coefficient (Wildman–Crippen LogP) is -0.0766. The Hall–Kier alpha value is -1.69. The summed E-state index contributed by atoms with van der Waals surface area (Å²) in [5.74, 6) is -0.649. The molecule has 0 aromatic heterocycles. The fourth-order valence-corrected chi connectivity index (χ4v) is 1.83. The second-order valence-electron chi connectivity index (χ2n) is 4.10. The summed E-state index contributed by atoms with van der Waals surface area (Å²) in [4.78, 5) is 11.1. The van der Waals surface area contributed by atoms with E-state index in [1.54, 1.807) is 30.3 Å². The maximum absolute atomic E-state index is 11.1. The summed E-state index contributed by atoms with van der Waals surface area (Å²) >= 11 is 0.